The number of carbonyl (C=O) groups is 1. The van der Waals surface area contributed by atoms with Gasteiger partial charge in [0.05, 0.1) is 12.7 Å². The molecule has 1 aromatic heterocycles. The van der Waals surface area contributed by atoms with Gasteiger partial charge in [-0.25, -0.2) is 4.79 Å². The molecular formula is C18H21NO3S. The first-order valence-electron chi connectivity index (χ1n) is 7.80. The van der Waals surface area contributed by atoms with Crippen LogP contribution >= 0.6 is 11.3 Å². The zero-order valence-electron chi connectivity index (χ0n) is 13.5. The molecule has 0 spiro atoms. The van der Waals surface area contributed by atoms with Crippen molar-refractivity contribution in [3.8, 4) is 5.75 Å². The summed E-state index contributed by atoms with van der Waals surface area (Å²) < 4.78 is 10.5. The van der Waals surface area contributed by atoms with Crippen LogP contribution in [0.25, 0.3) is 0 Å². The van der Waals surface area contributed by atoms with Crippen molar-refractivity contribution in [3.05, 3.63) is 51.7 Å². The summed E-state index contributed by atoms with van der Waals surface area (Å²) in [6.07, 6.45) is 1.13. The molecule has 0 bridgehead atoms. The number of hydrogen-bond acceptors (Lipinski definition) is 5. The predicted molar refractivity (Wildman–Crippen MR) is 91.3 cm³/mol. The maximum Gasteiger partial charge on any atom is 0.337 e. The van der Waals surface area contributed by atoms with Crippen molar-refractivity contribution in [1.82, 2.24) is 4.90 Å². The molecule has 122 valence electrons. The van der Waals surface area contributed by atoms with Crippen molar-refractivity contribution in [2.45, 2.75) is 19.4 Å². The summed E-state index contributed by atoms with van der Waals surface area (Å²) in [6, 6.07) is 9.76. The van der Waals surface area contributed by atoms with Crippen LogP contribution in [0.1, 0.15) is 33.8 Å². The monoisotopic (exact) mass is 331 g/mol. The Morgan fingerprint density at radius 1 is 1.30 bits per heavy atom. The van der Waals surface area contributed by atoms with E-state index in [-0.39, 0.29) is 5.97 Å². The van der Waals surface area contributed by atoms with Crippen LogP contribution in [0.4, 0.5) is 0 Å². The number of ether oxygens (including phenoxy) is 2. The number of carbonyl (C=O) groups excluding carboxylic acids is 1. The molecule has 0 saturated heterocycles. The van der Waals surface area contributed by atoms with E-state index in [9.17, 15) is 4.79 Å². The fourth-order valence-corrected chi connectivity index (χ4v) is 3.92. The van der Waals surface area contributed by atoms with Gasteiger partial charge in [-0.1, -0.05) is 0 Å². The molecule has 0 unspecified atom stereocenters. The standard InChI is InChI=1S/C18H21NO3S/c1-13-16-8-12-23-17(16)7-9-19(13)10-11-22-15-5-3-14(4-6-15)18(20)21-2/h3-6,8,12-13H,7,9-11H2,1-2H3/t13-/m0/s1. The molecule has 2 heterocycles. The van der Waals surface area contributed by atoms with E-state index in [1.165, 1.54) is 17.6 Å². The minimum atomic E-state index is -0.328. The molecule has 23 heavy (non-hydrogen) atoms. The molecule has 0 amide bonds. The fraction of sp³-hybridized carbons (Fsp3) is 0.389. The van der Waals surface area contributed by atoms with Gasteiger partial charge in [-0.3, -0.25) is 4.90 Å². The molecule has 0 aliphatic carbocycles. The Morgan fingerprint density at radius 3 is 2.83 bits per heavy atom. The van der Waals surface area contributed by atoms with Gasteiger partial charge in [0, 0.05) is 24.0 Å². The smallest absolute Gasteiger partial charge is 0.337 e. The number of esters is 1. The zero-order valence-corrected chi connectivity index (χ0v) is 14.3. The number of nitrogens with zero attached hydrogens (tertiary/aromatic N) is 1. The first kappa shape index (κ1) is 16.0. The van der Waals surface area contributed by atoms with E-state index in [1.54, 1.807) is 12.1 Å². The molecule has 3 rings (SSSR count). The minimum absolute atomic E-state index is 0.328. The van der Waals surface area contributed by atoms with Crippen molar-refractivity contribution >= 4 is 17.3 Å². The van der Waals surface area contributed by atoms with Gasteiger partial charge in [0.2, 0.25) is 0 Å². The Morgan fingerprint density at radius 2 is 2.09 bits per heavy atom. The van der Waals surface area contributed by atoms with Gasteiger partial charge >= 0.3 is 5.97 Å². The average molecular weight is 331 g/mol. The second-order valence-corrected chi connectivity index (χ2v) is 6.63. The number of methoxy groups -OCH3 is 1. The van der Waals surface area contributed by atoms with E-state index >= 15 is 0 Å². The van der Waals surface area contributed by atoms with E-state index in [0.29, 0.717) is 18.2 Å². The van der Waals surface area contributed by atoms with Crippen LogP contribution in [0.5, 0.6) is 5.75 Å². The zero-order chi connectivity index (χ0) is 16.2. The van der Waals surface area contributed by atoms with E-state index in [0.717, 1.165) is 25.3 Å². The quantitative estimate of drug-likeness (QED) is 0.786. The highest BCUT2D eigenvalue weighted by Gasteiger charge is 2.24. The summed E-state index contributed by atoms with van der Waals surface area (Å²) in [5, 5.41) is 2.18. The highest BCUT2D eigenvalue weighted by atomic mass is 32.1. The lowest BCUT2D eigenvalue weighted by atomic mass is 10.0. The van der Waals surface area contributed by atoms with Crippen LogP contribution in [0, 0.1) is 0 Å². The third kappa shape index (κ3) is 3.57. The topological polar surface area (TPSA) is 38.8 Å². The Balaban J connectivity index is 1.51. The molecule has 1 aliphatic heterocycles. The van der Waals surface area contributed by atoms with E-state index in [4.69, 9.17) is 4.74 Å². The van der Waals surface area contributed by atoms with Crippen LogP contribution in [0.15, 0.2) is 35.7 Å². The van der Waals surface area contributed by atoms with Crippen LogP contribution in [-0.4, -0.2) is 37.7 Å². The average Bonchev–Trinajstić information content (AvgIpc) is 3.06. The number of benzene rings is 1. The number of fused-ring (bicyclic) bond motifs is 1. The highest BCUT2D eigenvalue weighted by molar-refractivity contribution is 7.10. The third-order valence-corrected chi connectivity index (χ3v) is 5.32. The molecule has 2 aromatic rings. The Hall–Kier alpha value is -1.85. The van der Waals surface area contributed by atoms with Gasteiger partial charge in [-0.15, -0.1) is 11.3 Å². The van der Waals surface area contributed by atoms with Crippen molar-refractivity contribution < 1.29 is 14.3 Å². The maximum atomic E-state index is 11.4. The molecule has 0 radical (unpaired) electrons. The van der Waals surface area contributed by atoms with Gasteiger partial charge in [-0.2, -0.15) is 0 Å². The first-order valence-corrected chi connectivity index (χ1v) is 8.68. The second kappa shape index (κ2) is 7.15. The van der Waals surface area contributed by atoms with Crippen molar-refractivity contribution in [1.29, 1.82) is 0 Å². The lowest BCUT2D eigenvalue weighted by molar-refractivity contribution is 0.0600. The Bertz CT molecular complexity index is 665. The SMILES string of the molecule is COC(=O)c1ccc(OCCN2CCc3sccc3[C@@H]2C)cc1. The van der Waals surface area contributed by atoms with Crippen LogP contribution in [0.2, 0.25) is 0 Å². The maximum absolute atomic E-state index is 11.4. The molecule has 1 atom stereocenters. The molecule has 0 saturated carbocycles. The summed E-state index contributed by atoms with van der Waals surface area (Å²) >= 11 is 1.86. The first-order chi connectivity index (χ1) is 11.2. The van der Waals surface area contributed by atoms with Crippen LogP contribution in [0.3, 0.4) is 0 Å². The third-order valence-electron chi connectivity index (χ3n) is 4.33. The molecular weight excluding hydrogens is 310 g/mol. The molecule has 4 nitrogen and oxygen atoms in total. The van der Waals surface area contributed by atoms with Gasteiger partial charge in [0.15, 0.2) is 0 Å². The highest BCUT2D eigenvalue weighted by Crippen LogP contribution is 2.32. The number of rotatable bonds is 5. The molecule has 0 N–H and O–H groups in total. The summed E-state index contributed by atoms with van der Waals surface area (Å²) in [7, 11) is 1.38. The lowest BCUT2D eigenvalue weighted by Crippen LogP contribution is -2.36. The van der Waals surface area contributed by atoms with Crippen molar-refractivity contribution in [2.24, 2.45) is 0 Å². The van der Waals surface area contributed by atoms with Gasteiger partial charge in [-0.05, 0) is 54.6 Å². The fourth-order valence-electron chi connectivity index (χ4n) is 2.95. The molecule has 1 aromatic carbocycles. The van der Waals surface area contributed by atoms with Crippen LogP contribution < -0.4 is 4.74 Å². The Kier molecular flexibility index (Phi) is 4.98. The molecule has 0 fully saturated rings. The summed E-state index contributed by atoms with van der Waals surface area (Å²) in [5.41, 5.74) is 2.00. The summed E-state index contributed by atoms with van der Waals surface area (Å²) in [6.45, 7) is 4.88. The van der Waals surface area contributed by atoms with Crippen LogP contribution in [-0.2, 0) is 11.2 Å². The Labute approximate surface area is 140 Å². The van der Waals surface area contributed by atoms with Gasteiger partial charge < -0.3 is 9.47 Å². The lowest BCUT2D eigenvalue weighted by Gasteiger charge is -2.33. The predicted octanol–water partition coefficient (Wildman–Crippen LogP) is 3.53. The summed E-state index contributed by atoms with van der Waals surface area (Å²) in [5.74, 6) is 0.448. The molecule has 5 heteroatoms. The van der Waals surface area contributed by atoms with Gasteiger partial charge in [0.1, 0.15) is 12.4 Å². The van der Waals surface area contributed by atoms with Gasteiger partial charge in [0.25, 0.3) is 0 Å². The molecule has 1 aliphatic rings. The van der Waals surface area contributed by atoms with E-state index in [2.05, 4.69) is 28.0 Å². The van der Waals surface area contributed by atoms with Crippen molar-refractivity contribution in [2.75, 3.05) is 26.8 Å². The number of hydrogen-bond donors (Lipinski definition) is 0. The van der Waals surface area contributed by atoms with E-state index in [1.807, 2.05) is 23.5 Å². The minimum Gasteiger partial charge on any atom is -0.492 e. The van der Waals surface area contributed by atoms with Crippen molar-refractivity contribution in [3.63, 3.8) is 0 Å². The number of thiophene rings is 1. The summed E-state index contributed by atoms with van der Waals surface area (Å²) in [4.78, 5) is 15.4. The normalized spacial score (nSPS) is 17.6. The van der Waals surface area contributed by atoms with E-state index < -0.39 is 0 Å². The largest absolute Gasteiger partial charge is 0.492 e. The second-order valence-electron chi connectivity index (χ2n) is 5.63.